The molecule has 4 rings (SSSR count). The number of methoxy groups -OCH3 is 1. The number of aryl methyl sites for hydroxylation is 3. The van der Waals surface area contributed by atoms with Crippen LogP contribution in [0.1, 0.15) is 33.6 Å². The fourth-order valence-electron chi connectivity index (χ4n) is 4.35. The van der Waals surface area contributed by atoms with Crippen molar-refractivity contribution in [1.82, 2.24) is 4.57 Å². The van der Waals surface area contributed by atoms with Gasteiger partial charge in [0, 0.05) is 41.1 Å². The summed E-state index contributed by atoms with van der Waals surface area (Å²) < 4.78 is 13.1. The van der Waals surface area contributed by atoms with Crippen LogP contribution < -0.4 is 14.4 Å². The Labute approximate surface area is 232 Å². The summed E-state index contributed by atoms with van der Waals surface area (Å²) in [6, 6.07) is 20.8. The van der Waals surface area contributed by atoms with Gasteiger partial charge in [-0.15, -0.1) is 0 Å². The molecule has 1 N–H and O–H groups in total. The topological polar surface area (TPSA) is 63.9 Å². The predicted molar refractivity (Wildman–Crippen MR) is 153 cm³/mol. The molecule has 1 aromatic heterocycles. The second-order valence-electron chi connectivity index (χ2n) is 9.07. The fraction of sp³-hybridized carbons (Fsp3) is 0.233. The molecule has 4 aromatic rings. The number of carbonyl (C=O) groups is 1. The number of halogens is 2. The third-order valence-corrected chi connectivity index (χ3v) is 7.06. The molecule has 1 heterocycles. The summed E-state index contributed by atoms with van der Waals surface area (Å²) >= 11 is 12.5. The van der Waals surface area contributed by atoms with Crippen LogP contribution in [0, 0.1) is 13.8 Å². The first kappa shape index (κ1) is 27.4. The van der Waals surface area contributed by atoms with E-state index in [0.29, 0.717) is 36.9 Å². The highest BCUT2D eigenvalue weighted by atomic mass is 35.5. The Kier molecular flexibility index (Phi) is 8.87. The molecule has 0 amide bonds. The number of hydrogen-bond acceptors (Lipinski definition) is 4. The first-order chi connectivity index (χ1) is 18.2. The number of anilines is 2. The van der Waals surface area contributed by atoms with Gasteiger partial charge < -0.3 is 24.0 Å². The first-order valence-corrected chi connectivity index (χ1v) is 13.0. The lowest BCUT2D eigenvalue weighted by Crippen LogP contribution is -2.16. The molecule has 0 atom stereocenters. The summed E-state index contributed by atoms with van der Waals surface area (Å²) in [5.41, 5.74) is 4.74. The molecule has 3 aromatic carbocycles. The van der Waals surface area contributed by atoms with E-state index in [-0.39, 0.29) is 5.69 Å². The SMILES string of the molecule is COc1cccc(N(Cc2cccc(Cl)c2)c2cc(C(=O)O)n(CCCOc3cc(C)c(Cl)c(C)c3)c2)c1. The van der Waals surface area contributed by atoms with Crippen LogP contribution in [0.25, 0.3) is 0 Å². The molecule has 0 aliphatic rings. The molecule has 0 bridgehead atoms. The van der Waals surface area contributed by atoms with Gasteiger partial charge in [-0.1, -0.05) is 41.4 Å². The zero-order valence-electron chi connectivity index (χ0n) is 21.6. The van der Waals surface area contributed by atoms with Crippen molar-refractivity contribution in [3.8, 4) is 11.5 Å². The van der Waals surface area contributed by atoms with E-state index in [1.165, 1.54) is 0 Å². The third kappa shape index (κ3) is 6.63. The zero-order chi connectivity index (χ0) is 27.2. The molecule has 0 saturated carbocycles. The molecule has 8 heteroatoms. The molecule has 6 nitrogen and oxygen atoms in total. The summed E-state index contributed by atoms with van der Waals surface area (Å²) in [6.07, 6.45) is 2.49. The van der Waals surface area contributed by atoms with E-state index in [9.17, 15) is 9.90 Å². The minimum Gasteiger partial charge on any atom is -0.497 e. The molecule has 0 fully saturated rings. The normalized spacial score (nSPS) is 10.9. The van der Waals surface area contributed by atoms with Crippen LogP contribution in [0.2, 0.25) is 10.0 Å². The second kappa shape index (κ2) is 12.3. The molecule has 0 saturated heterocycles. The Morgan fingerprint density at radius 3 is 2.37 bits per heavy atom. The molecular formula is C30H30Cl2N2O4. The lowest BCUT2D eigenvalue weighted by Gasteiger charge is -2.24. The maximum absolute atomic E-state index is 12.1. The number of hydrogen-bond donors (Lipinski definition) is 1. The Morgan fingerprint density at radius 2 is 1.68 bits per heavy atom. The monoisotopic (exact) mass is 552 g/mol. The first-order valence-electron chi connectivity index (χ1n) is 12.2. The van der Waals surface area contributed by atoms with Crippen molar-refractivity contribution in [1.29, 1.82) is 0 Å². The fourth-order valence-corrected chi connectivity index (χ4v) is 4.67. The van der Waals surface area contributed by atoms with Crippen LogP contribution in [-0.4, -0.2) is 29.4 Å². The van der Waals surface area contributed by atoms with Crippen LogP contribution in [-0.2, 0) is 13.1 Å². The second-order valence-corrected chi connectivity index (χ2v) is 9.89. The van der Waals surface area contributed by atoms with Gasteiger partial charge in [0.05, 0.1) is 19.4 Å². The quantitative estimate of drug-likeness (QED) is 0.191. The smallest absolute Gasteiger partial charge is 0.352 e. The lowest BCUT2D eigenvalue weighted by atomic mass is 10.1. The van der Waals surface area contributed by atoms with Gasteiger partial charge in [-0.2, -0.15) is 0 Å². The molecule has 0 aliphatic heterocycles. The molecule has 198 valence electrons. The lowest BCUT2D eigenvalue weighted by molar-refractivity contribution is 0.0684. The maximum atomic E-state index is 12.1. The third-order valence-electron chi connectivity index (χ3n) is 6.23. The van der Waals surface area contributed by atoms with Crippen molar-refractivity contribution in [3.63, 3.8) is 0 Å². The van der Waals surface area contributed by atoms with Gasteiger partial charge in [-0.05, 0) is 79.4 Å². The Hall–Kier alpha value is -3.61. The van der Waals surface area contributed by atoms with E-state index in [2.05, 4.69) is 0 Å². The van der Waals surface area contributed by atoms with Crippen molar-refractivity contribution in [2.75, 3.05) is 18.6 Å². The highest BCUT2D eigenvalue weighted by Gasteiger charge is 2.19. The van der Waals surface area contributed by atoms with Gasteiger partial charge in [-0.25, -0.2) is 4.79 Å². The van der Waals surface area contributed by atoms with Crippen molar-refractivity contribution in [2.24, 2.45) is 0 Å². The largest absolute Gasteiger partial charge is 0.497 e. The number of rotatable bonds is 11. The van der Waals surface area contributed by atoms with Crippen molar-refractivity contribution >= 4 is 40.5 Å². The van der Waals surface area contributed by atoms with Crippen LogP contribution in [0.3, 0.4) is 0 Å². The van der Waals surface area contributed by atoms with Gasteiger partial charge in [-0.3, -0.25) is 0 Å². The Morgan fingerprint density at radius 1 is 0.947 bits per heavy atom. The summed E-state index contributed by atoms with van der Waals surface area (Å²) in [4.78, 5) is 14.2. The van der Waals surface area contributed by atoms with E-state index >= 15 is 0 Å². The number of benzene rings is 3. The number of carboxylic acids is 1. The average Bonchev–Trinajstić information content (AvgIpc) is 3.32. The van der Waals surface area contributed by atoms with Gasteiger partial charge in [0.25, 0.3) is 0 Å². The minimum atomic E-state index is -0.991. The van der Waals surface area contributed by atoms with Crippen LogP contribution in [0.4, 0.5) is 11.4 Å². The molecule has 0 spiro atoms. The van der Waals surface area contributed by atoms with Gasteiger partial charge >= 0.3 is 5.97 Å². The van der Waals surface area contributed by atoms with Gasteiger partial charge in [0.2, 0.25) is 0 Å². The number of ether oxygens (including phenoxy) is 2. The molecule has 0 radical (unpaired) electrons. The zero-order valence-corrected chi connectivity index (χ0v) is 23.1. The maximum Gasteiger partial charge on any atom is 0.352 e. The summed E-state index contributed by atoms with van der Waals surface area (Å²) in [5.74, 6) is 0.470. The predicted octanol–water partition coefficient (Wildman–Crippen LogP) is 7.93. The number of nitrogens with zero attached hydrogens (tertiary/aromatic N) is 2. The number of carboxylic acid groups (broad SMARTS) is 1. The number of aromatic nitrogens is 1. The van der Waals surface area contributed by atoms with Crippen LogP contribution >= 0.6 is 23.2 Å². The van der Waals surface area contributed by atoms with Gasteiger partial charge in [0.1, 0.15) is 17.2 Å². The highest BCUT2D eigenvalue weighted by molar-refractivity contribution is 6.32. The Balaban J connectivity index is 1.57. The van der Waals surface area contributed by atoms with E-state index in [1.54, 1.807) is 17.7 Å². The Bertz CT molecular complexity index is 1410. The van der Waals surface area contributed by atoms with Crippen molar-refractivity contribution in [2.45, 2.75) is 33.4 Å². The van der Waals surface area contributed by atoms with E-state index in [0.717, 1.165) is 38.8 Å². The van der Waals surface area contributed by atoms with E-state index in [4.69, 9.17) is 32.7 Å². The molecule has 0 unspecified atom stereocenters. The minimum absolute atomic E-state index is 0.206. The standard InChI is InChI=1S/C30H30Cl2N2O4/c1-20-13-27(14-21(2)29(20)32)38-12-6-11-33-19-25(17-28(33)30(35)36)34(18-22-7-4-8-23(31)15-22)24-9-5-10-26(16-24)37-3/h4-5,7-10,13-17,19H,6,11-12,18H2,1-3H3,(H,35,36). The van der Waals surface area contributed by atoms with Crippen molar-refractivity contribution < 1.29 is 19.4 Å². The van der Waals surface area contributed by atoms with E-state index < -0.39 is 5.97 Å². The summed E-state index contributed by atoms with van der Waals surface area (Å²) in [5, 5.41) is 11.3. The highest BCUT2D eigenvalue weighted by Crippen LogP contribution is 2.32. The summed E-state index contributed by atoms with van der Waals surface area (Å²) in [6.45, 7) is 5.31. The average molecular weight is 553 g/mol. The van der Waals surface area contributed by atoms with Crippen molar-refractivity contribution in [3.05, 3.63) is 105 Å². The van der Waals surface area contributed by atoms with Gasteiger partial charge in [0.15, 0.2) is 0 Å². The van der Waals surface area contributed by atoms with Crippen LogP contribution in [0.15, 0.2) is 72.9 Å². The van der Waals surface area contributed by atoms with Crippen LogP contribution in [0.5, 0.6) is 11.5 Å². The summed E-state index contributed by atoms with van der Waals surface area (Å²) in [7, 11) is 1.62. The molecule has 0 aliphatic carbocycles. The molecular weight excluding hydrogens is 523 g/mol. The molecule has 38 heavy (non-hydrogen) atoms. The number of aromatic carboxylic acids is 1. The van der Waals surface area contributed by atoms with E-state index in [1.807, 2.05) is 85.6 Å².